The van der Waals surface area contributed by atoms with E-state index in [4.69, 9.17) is 4.42 Å². The van der Waals surface area contributed by atoms with Crippen LogP contribution in [0.15, 0.2) is 52.9 Å². The Bertz CT molecular complexity index is 934. The molecule has 0 aliphatic carbocycles. The Hall–Kier alpha value is -3.35. The Balaban J connectivity index is 1.75. The van der Waals surface area contributed by atoms with Gasteiger partial charge in [0.1, 0.15) is 11.6 Å². The maximum atomic E-state index is 12.2. The molecule has 0 spiro atoms. The zero-order chi connectivity index (χ0) is 19.4. The average molecular weight is 367 g/mol. The van der Waals surface area contributed by atoms with Gasteiger partial charge in [-0.25, -0.2) is 14.6 Å². The molecule has 0 saturated carbocycles. The number of carbonyl (C=O) groups excluding carboxylic acids is 1. The van der Waals surface area contributed by atoms with E-state index in [0.717, 1.165) is 5.52 Å². The highest BCUT2D eigenvalue weighted by atomic mass is 16.4. The van der Waals surface area contributed by atoms with E-state index in [9.17, 15) is 14.7 Å². The van der Waals surface area contributed by atoms with Crippen LogP contribution in [0, 0.1) is 5.92 Å². The van der Waals surface area contributed by atoms with Gasteiger partial charge in [-0.15, -0.1) is 0 Å². The SMILES string of the molecule is CC[C@H](C)[C@H](NC(=O)Nc1cccc(-c2nc3ccccc3o2)c1)C(=O)O. The lowest BCUT2D eigenvalue weighted by Gasteiger charge is -2.20. The molecular weight excluding hydrogens is 346 g/mol. The van der Waals surface area contributed by atoms with Crippen LogP contribution >= 0.6 is 0 Å². The minimum Gasteiger partial charge on any atom is -0.480 e. The van der Waals surface area contributed by atoms with Crippen LogP contribution in [-0.4, -0.2) is 28.1 Å². The highest BCUT2D eigenvalue weighted by molar-refractivity contribution is 5.93. The first kappa shape index (κ1) is 18.4. The molecule has 2 aromatic carbocycles. The van der Waals surface area contributed by atoms with Crippen molar-refractivity contribution in [3.63, 3.8) is 0 Å². The second kappa shape index (κ2) is 7.90. The van der Waals surface area contributed by atoms with Crippen molar-refractivity contribution in [2.24, 2.45) is 5.92 Å². The standard InChI is InChI=1S/C20H21N3O4/c1-3-12(2)17(19(24)25)23-20(26)21-14-8-6-7-13(11-14)18-22-15-9-4-5-10-16(15)27-18/h4-12,17H,3H2,1-2H3,(H,24,25)(H2,21,23,26)/t12-,17-/m0/s1. The van der Waals surface area contributed by atoms with Crippen LogP contribution in [0.3, 0.4) is 0 Å². The molecule has 7 nitrogen and oxygen atoms in total. The molecule has 140 valence electrons. The number of oxazole rings is 1. The summed E-state index contributed by atoms with van der Waals surface area (Å²) in [5, 5.41) is 14.5. The molecule has 2 atom stereocenters. The van der Waals surface area contributed by atoms with Crippen LogP contribution < -0.4 is 10.6 Å². The van der Waals surface area contributed by atoms with E-state index >= 15 is 0 Å². The molecule has 7 heteroatoms. The molecule has 0 saturated heterocycles. The molecule has 0 unspecified atom stereocenters. The highest BCUT2D eigenvalue weighted by Gasteiger charge is 2.25. The third-order valence-electron chi connectivity index (χ3n) is 4.43. The summed E-state index contributed by atoms with van der Waals surface area (Å²) >= 11 is 0. The fourth-order valence-electron chi connectivity index (χ4n) is 2.72. The maximum absolute atomic E-state index is 12.2. The number of carbonyl (C=O) groups is 2. The molecule has 0 radical (unpaired) electrons. The lowest BCUT2D eigenvalue weighted by molar-refractivity contribution is -0.140. The zero-order valence-corrected chi connectivity index (χ0v) is 15.1. The van der Waals surface area contributed by atoms with E-state index in [-0.39, 0.29) is 5.92 Å². The minimum atomic E-state index is -1.06. The second-order valence-electron chi connectivity index (χ2n) is 6.37. The molecule has 0 bridgehead atoms. The van der Waals surface area contributed by atoms with Gasteiger partial charge in [0, 0.05) is 11.3 Å². The number of anilines is 1. The maximum Gasteiger partial charge on any atom is 0.326 e. The molecule has 3 rings (SSSR count). The van der Waals surface area contributed by atoms with E-state index < -0.39 is 18.0 Å². The molecule has 0 fully saturated rings. The van der Waals surface area contributed by atoms with Crippen LogP contribution in [0.1, 0.15) is 20.3 Å². The van der Waals surface area contributed by atoms with Crippen LogP contribution in [0.5, 0.6) is 0 Å². The summed E-state index contributed by atoms with van der Waals surface area (Å²) in [7, 11) is 0. The first-order valence-electron chi connectivity index (χ1n) is 8.74. The molecule has 1 aromatic heterocycles. The monoisotopic (exact) mass is 367 g/mol. The summed E-state index contributed by atoms with van der Waals surface area (Å²) in [6.45, 7) is 3.66. The van der Waals surface area contributed by atoms with Crippen molar-refractivity contribution in [1.29, 1.82) is 0 Å². The van der Waals surface area contributed by atoms with Gasteiger partial charge in [0.15, 0.2) is 5.58 Å². The fraction of sp³-hybridized carbons (Fsp3) is 0.250. The van der Waals surface area contributed by atoms with Crippen molar-refractivity contribution in [2.75, 3.05) is 5.32 Å². The number of urea groups is 1. The summed E-state index contributed by atoms with van der Waals surface area (Å²) < 4.78 is 5.74. The Morgan fingerprint density at radius 2 is 1.96 bits per heavy atom. The van der Waals surface area contributed by atoms with Gasteiger partial charge in [-0.1, -0.05) is 38.5 Å². The number of aromatic nitrogens is 1. The molecular formula is C20H21N3O4. The highest BCUT2D eigenvalue weighted by Crippen LogP contribution is 2.26. The van der Waals surface area contributed by atoms with E-state index in [2.05, 4.69) is 15.6 Å². The smallest absolute Gasteiger partial charge is 0.326 e. The number of nitrogens with zero attached hydrogens (tertiary/aromatic N) is 1. The number of hydrogen-bond acceptors (Lipinski definition) is 4. The summed E-state index contributed by atoms with van der Waals surface area (Å²) in [5.41, 5.74) is 2.66. The van der Waals surface area contributed by atoms with Gasteiger partial charge < -0.3 is 20.2 Å². The van der Waals surface area contributed by atoms with Gasteiger partial charge in [-0.2, -0.15) is 0 Å². The Kier molecular flexibility index (Phi) is 5.40. The average Bonchev–Trinajstić information content (AvgIpc) is 3.10. The Morgan fingerprint density at radius 3 is 2.67 bits per heavy atom. The van der Waals surface area contributed by atoms with Gasteiger partial charge in [0.05, 0.1) is 0 Å². The fourth-order valence-corrected chi connectivity index (χ4v) is 2.72. The molecule has 0 aliphatic rings. The minimum absolute atomic E-state index is 0.181. The third kappa shape index (κ3) is 4.25. The number of nitrogens with one attached hydrogen (secondary N) is 2. The van der Waals surface area contributed by atoms with Crippen molar-refractivity contribution < 1.29 is 19.1 Å². The van der Waals surface area contributed by atoms with Gasteiger partial charge in [-0.05, 0) is 36.2 Å². The molecule has 27 heavy (non-hydrogen) atoms. The predicted molar refractivity (Wildman–Crippen MR) is 102 cm³/mol. The lowest BCUT2D eigenvalue weighted by Crippen LogP contribution is -2.46. The number of carboxylic acids is 1. The Labute approximate surface area is 156 Å². The number of para-hydroxylation sites is 2. The van der Waals surface area contributed by atoms with Gasteiger partial charge in [0.25, 0.3) is 0 Å². The van der Waals surface area contributed by atoms with Crippen molar-refractivity contribution >= 4 is 28.8 Å². The quantitative estimate of drug-likeness (QED) is 0.608. The zero-order valence-electron chi connectivity index (χ0n) is 15.1. The first-order valence-corrected chi connectivity index (χ1v) is 8.74. The van der Waals surface area contributed by atoms with Gasteiger partial charge in [0.2, 0.25) is 5.89 Å². The number of hydrogen-bond donors (Lipinski definition) is 3. The number of aliphatic carboxylic acids is 1. The molecule has 1 heterocycles. The first-order chi connectivity index (χ1) is 13.0. The number of carboxylic acid groups (broad SMARTS) is 1. The van der Waals surface area contributed by atoms with Crippen LogP contribution in [0.2, 0.25) is 0 Å². The van der Waals surface area contributed by atoms with Crippen molar-refractivity contribution in [2.45, 2.75) is 26.3 Å². The molecule has 2 amide bonds. The Morgan fingerprint density at radius 1 is 1.19 bits per heavy atom. The van der Waals surface area contributed by atoms with E-state index in [1.54, 1.807) is 25.1 Å². The normalized spacial score (nSPS) is 13.1. The van der Waals surface area contributed by atoms with Crippen LogP contribution in [-0.2, 0) is 4.79 Å². The van der Waals surface area contributed by atoms with Gasteiger partial charge in [-0.3, -0.25) is 0 Å². The summed E-state index contributed by atoms with van der Waals surface area (Å²) in [5.74, 6) is -0.790. The van der Waals surface area contributed by atoms with Crippen LogP contribution in [0.4, 0.5) is 10.5 Å². The predicted octanol–water partition coefficient (Wildman–Crippen LogP) is 4.12. The number of benzene rings is 2. The molecule has 0 aliphatic heterocycles. The summed E-state index contributed by atoms with van der Waals surface area (Å²) in [6, 6.07) is 13.0. The largest absolute Gasteiger partial charge is 0.480 e. The number of amides is 2. The van der Waals surface area contributed by atoms with Crippen molar-refractivity contribution in [3.8, 4) is 11.5 Å². The number of rotatable bonds is 6. The number of fused-ring (bicyclic) bond motifs is 1. The summed E-state index contributed by atoms with van der Waals surface area (Å²) in [6.07, 6.45) is 0.643. The second-order valence-corrected chi connectivity index (χ2v) is 6.37. The molecule has 3 N–H and O–H groups in total. The third-order valence-corrected chi connectivity index (χ3v) is 4.43. The van der Waals surface area contributed by atoms with Crippen molar-refractivity contribution in [1.82, 2.24) is 10.3 Å². The van der Waals surface area contributed by atoms with E-state index in [1.807, 2.05) is 37.3 Å². The van der Waals surface area contributed by atoms with Crippen LogP contribution in [0.25, 0.3) is 22.6 Å². The van der Waals surface area contributed by atoms with Gasteiger partial charge >= 0.3 is 12.0 Å². The topological polar surface area (TPSA) is 104 Å². The lowest BCUT2D eigenvalue weighted by atomic mass is 9.99. The molecule has 3 aromatic rings. The van der Waals surface area contributed by atoms with E-state index in [1.165, 1.54) is 0 Å². The van der Waals surface area contributed by atoms with Crippen molar-refractivity contribution in [3.05, 3.63) is 48.5 Å². The summed E-state index contributed by atoms with van der Waals surface area (Å²) in [4.78, 5) is 28.0. The van der Waals surface area contributed by atoms with E-state index in [0.29, 0.717) is 29.1 Å².